The van der Waals surface area contributed by atoms with Crippen molar-refractivity contribution in [2.24, 2.45) is 5.92 Å². The van der Waals surface area contributed by atoms with Gasteiger partial charge in [0, 0.05) is 26.2 Å². The molecule has 1 unspecified atom stereocenters. The van der Waals surface area contributed by atoms with Crippen molar-refractivity contribution in [3.8, 4) is 0 Å². The van der Waals surface area contributed by atoms with Crippen LogP contribution in [0.1, 0.15) is 50.4 Å². The molecule has 1 heterocycles. The normalized spacial score (nSPS) is 16.9. The third kappa shape index (κ3) is 5.92. The SMILES string of the molecule is CCN(CC)S(=O)(=O)c1ccc(Cl)c(C(=O)NCC(C)CN2CCCCC2)c1. The summed E-state index contributed by atoms with van der Waals surface area (Å²) in [4.78, 5) is 15.2. The monoisotopic (exact) mass is 429 g/mol. The Morgan fingerprint density at radius 1 is 1.21 bits per heavy atom. The number of carbonyl (C=O) groups excluding carboxylic acids is 1. The highest BCUT2D eigenvalue weighted by molar-refractivity contribution is 7.89. The number of carbonyl (C=O) groups is 1. The van der Waals surface area contributed by atoms with Crippen LogP contribution in [-0.4, -0.2) is 62.8 Å². The second-order valence-electron chi connectivity index (χ2n) is 7.41. The van der Waals surface area contributed by atoms with Gasteiger partial charge in [-0.25, -0.2) is 8.42 Å². The van der Waals surface area contributed by atoms with Gasteiger partial charge in [0.05, 0.1) is 15.5 Å². The molecule has 1 atom stereocenters. The molecule has 1 aromatic carbocycles. The van der Waals surface area contributed by atoms with Gasteiger partial charge in [0.1, 0.15) is 0 Å². The molecule has 0 aromatic heterocycles. The molecule has 1 saturated heterocycles. The molecule has 158 valence electrons. The zero-order valence-electron chi connectivity index (χ0n) is 17.1. The van der Waals surface area contributed by atoms with E-state index in [1.165, 1.54) is 41.8 Å². The number of halogens is 1. The Balaban J connectivity index is 2.04. The van der Waals surface area contributed by atoms with E-state index in [0.717, 1.165) is 19.6 Å². The molecular formula is C20H32ClN3O3S. The molecule has 0 radical (unpaired) electrons. The van der Waals surface area contributed by atoms with Crippen molar-refractivity contribution >= 4 is 27.5 Å². The number of amides is 1. The van der Waals surface area contributed by atoms with E-state index in [9.17, 15) is 13.2 Å². The van der Waals surface area contributed by atoms with E-state index >= 15 is 0 Å². The molecule has 6 nitrogen and oxygen atoms in total. The standard InChI is InChI=1S/C20H32ClN3O3S/c1-4-24(5-2)28(26,27)17-9-10-19(21)18(13-17)20(25)22-14-16(3)15-23-11-7-6-8-12-23/h9-10,13,16H,4-8,11-12,14-15H2,1-3H3,(H,22,25). The lowest BCUT2D eigenvalue weighted by Gasteiger charge is -2.29. The van der Waals surface area contributed by atoms with Gasteiger partial charge < -0.3 is 10.2 Å². The largest absolute Gasteiger partial charge is 0.352 e. The highest BCUT2D eigenvalue weighted by Gasteiger charge is 2.24. The number of piperidine rings is 1. The van der Waals surface area contributed by atoms with Gasteiger partial charge >= 0.3 is 0 Å². The molecular weight excluding hydrogens is 398 g/mol. The smallest absolute Gasteiger partial charge is 0.252 e. The van der Waals surface area contributed by atoms with E-state index in [1.807, 2.05) is 0 Å². The average molecular weight is 430 g/mol. The lowest BCUT2D eigenvalue weighted by Crippen LogP contribution is -2.38. The number of nitrogens with one attached hydrogen (secondary N) is 1. The molecule has 0 spiro atoms. The summed E-state index contributed by atoms with van der Waals surface area (Å²) in [5.41, 5.74) is 0.195. The fourth-order valence-corrected chi connectivity index (χ4v) is 5.25. The van der Waals surface area contributed by atoms with Crippen LogP contribution in [0.15, 0.2) is 23.1 Å². The number of nitrogens with zero attached hydrogens (tertiary/aromatic N) is 2. The summed E-state index contributed by atoms with van der Waals surface area (Å²) in [7, 11) is -3.64. The van der Waals surface area contributed by atoms with Gasteiger partial charge in [0.25, 0.3) is 5.91 Å². The molecule has 2 rings (SSSR count). The van der Waals surface area contributed by atoms with Crippen molar-refractivity contribution < 1.29 is 13.2 Å². The van der Waals surface area contributed by atoms with E-state index < -0.39 is 10.0 Å². The number of rotatable bonds is 9. The second kappa shape index (κ2) is 10.6. The van der Waals surface area contributed by atoms with Crippen molar-refractivity contribution in [3.63, 3.8) is 0 Å². The number of sulfonamides is 1. The minimum Gasteiger partial charge on any atom is -0.352 e. The van der Waals surface area contributed by atoms with E-state index in [1.54, 1.807) is 13.8 Å². The Labute approximate surface area is 174 Å². The van der Waals surface area contributed by atoms with Crippen LogP contribution >= 0.6 is 11.6 Å². The first kappa shape index (κ1) is 23.1. The Kier molecular flexibility index (Phi) is 8.74. The molecule has 1 N–H and O–H groups in total. The Hall–Kier alpha value is -1.15. The van der Waals surface area contributed by atoms with E-state index in [2.05, 4.69) is 17.1 Å². The zero-order chi connectivity index (χ0) is 20.7. The first-order chi connectivity index (χ1) is 13.3. The predicted octanol–water partition coefficient (Wildman–Crippen LogP) is 3.22. The first-order valence-electron chi connectivity index (χ1n) is 10.1. The summed E-state index contributed by atoms with van der Waals surface area (Å²) < 4.78 is 26.8. The van der Waals surface area contributed by atoms with Crippen LogP contribution in [0.4, 0.5) is 0 Å². The van der Waals surface area contributed by atoms with Crippen LogP contribution in [-0.2, 0) is 10.0 Å². The maximum atomic E-state index is 12.7. The fourth-order valence-electron chi connectivity index (χ4n) is 3.56. The van der Waals surface area contributed by atoms with Gasteiger partial charge in [0.15, 0.2) is 0 Å². The lowest BCUT2D eigenvalue weighted by molar-refractivity contribution is 0.0942. The van der Waals surface area contributed by atoms with Crippen LogP contribution in [0.3, 0.4) is 0 Å². The third-order valence-corrected chi connectivity index (χ3v) is 7.53. The Morgan fingerprint density at radius 3 is 2.46 bits per heavy atom. The van der Waals surface area contributed by atoms with Crippen LogP contribution in [0, 0.1) is 5.92 Å². The van der Waals surface area contributed by atoms with Crippen LogP contribution < -0.4 is 5.32 Å². The predicted molar refractivity (Wildman–Crippen MR) is 113 cm³/mol. The van der Waals surface area contributed by atoms with Crippen molar-refractivity contribution in [2.45, 2.75) is 44.9 Å². The molecule has 1 fully saturated rings. The average Bonchev–Trinajstić information content (AvgIpc) is 2.68. The Bertz CT molecular complexity index is 760. The van der Waals surface area contributed by atoms with Crippen molar-refractivity contribution in [2.75, 3.05) is 39.3 Å². The summed E-state index contributed by atoms with van der Waals surface area (Å²) in [5.74, 6) is -0.0319. The molecule has 1 amide bonds. The summed E-state index contributed by atoms with van der Waals surface area (Å²) in [6.45, 7) is 10.1. The third-order valence-electron chi connectivity index (χ3n) is 5.16. The van der Waals surface area contributed by atoms with E-state index in [4.69, 9.17) is 11.6 Å². The molecule has 0 bridgehead atoms. The van der Waals surface area contributed by atoms with E-state index in [-0.39, 0.29) is 21.4 Å². The number of hydrogen-bond acceptors (Lipinski definition) is 4. The quantitative estimate of drug-likeness (QED) is 0.654. The molecule has 1 aromatic rings. The zero-order valence-corrected chi connectivity index (χ0v) is 18.7. The highest BCUT2D eigenvalue weighted by Crippen LogP contribution is 2.23. The van der Waals surface area contributed by atoms with Crippen molar-refractivity contribution in [3.05, 3.63) is 28.8 Å². The van der Waals surface area contributed by atoms with Gasteiger partial charge in [-0.3, -0.25) is 4.79 Å². The van der Waals surface area contributed by atoms with Gasteiger partial charge in [-0.1, -0.05) is 38.8 Å². The number of benzene rings is 1. The molecule has 8 heteroatoms. The van der Waals surface area contributed by atoms with Gasteiger partial charge in [0.2, 0.25) is 10.0 Å². The second-order valence-corrected chi connectivity index (χ2v) is 9.75. The maximum Gasteiger partial charge on any atom is 0.252 e. The first-order valence-corrected chi connectivity index (χ1v) is 11.9. The minimum atomic E-state index is -3.64. The van der Waals surface area contributed by atoms with Crippen LogP contribution in [0.2, 0.25) is 5.02 Å². The Morgan fingerprint density at radius 2 is 1.86 bits per heavy atom. The van der Waals surface area contributed by atoms with Crippen molar-refractivity contribution in [1.82, 2.24) is 14.5 Å². The van der Waals surface area contributed by atoms with E-state index in [0.29, 0.717) is 25.6 Å². The topological polar surface area (TPSA) is 69.7 Å². The molecule has 28 heavy (non-hydrogen) atoms. The number of likely N-dealkylation sites (tertiary alicyclic amines) is 1. The van der Waals surface area contributed by atoms with Crippen LogP contribution in [0.25, 0.3) is 0 Å². The summed E-state index contributed by atoms with van der Waals surface area (Å²) in [5, 5.41) is 3.16. The molecule has 1 aliphatic rings. The minimum absolute atomic E-state index is 0.0899. The lowest BCUT2D eigenvalue weighted by atomic mass is 10.1. The van der Waals surface area contributed by atoms with Gasteiger partial charge in [-0.15, -0.1) is 0 Å². The fraction of sp³-hybridized carbons (Fsp3) is 0.650. The molecule has 1 aliphatic heterocycles. The van der Waals surface area contributed by atoms with Gasteiger partial charge in [-0.05, 0) is 50.0 Å². The number of hydrogen-bond donors (Lipinski definition) is 1. The summed E-state index contributed by atoms with van der Waals surface area (Å²) in [6.07, 6.45) is 3.78. The van der Waals surface area contributed by atoms with Gasteiger partial charge in [-0.2, -0.15) is 4.31 Å². The maximum absolute atomic E-state index is 12.7. The summed E-state index contributed by atoms with van der Waals surface area (Å²) in [6, 6.07) is 4.30. The molecule has 0 aliphatic carbocycles. The molecule has 0 saturated carbocycles. The highest BCUT2D eigenvalue weighted by atomic mass is 35.5. The summed E-state index contributed by atoms with van der Waals surface area (Å²) >= 11 is 6.18. The van der Waals surface area contributed by atoms with Crippen molar-refractivity contribution in [1.29, 1.82) is 0 Å². The van der Waals surface area contributed by atoms with Crippen LogP contribution in [0.5, 0.6) is 0 Å².